The molecule has 1 saturated heterocycles. The molecule has 2 unspecified atom stereocenters. The predicted octanol–water partition coefficient (Wildman–Crippen LogP) is 0.302. The van der Waals surface area contributed by atoms with Gasteiger partial charge in [-0.25, -0.2) is 0 Å². The van der Waals surface area contributed by atoms with E-state index in [9.17, 15) is 4.79 Å². The molecular formula is C27H36Cl2N6O4. The summed E-state index contributed by atoms with van der Waals surface area (Å²) in [5, 5.41) is 13.1. The molecule has 2 heterocycles. The highest BCUT2D eigenvalue weighted by molar-refractivity contribution is 6.30. The minimum absolute atomic E-state index is 0. The Morgan fingerprint density at radius 1 is 1.26 bits per heavy atom. The van der Waals surface area contributed by atoms with E-state index in [2.05, 4.69) is 10.3 Å². The first kappa shape index (κ1) is 32.1. The molecule has 3 rings (SSSR count). The van der Waals surface area contributed by atoms with Gasteiger partial charge >= 0.3 is 5.91 Å². The summed E-state index contributed by atoms with van der Waals surface area (Å²) in [4.78, 5) is 17.0. The van der Waals surface area contributed by atoms with Gasteiger partial charge in [0.05, 0.1) is 12.3 Å². The topological polar surface area (TPSA) is 126 Å². The number of anilines is 1. The van der Waals surface area contributed by atoms with Crippen molar-refractivity contribution >= 4 is 29.7 Å². The average molecular weight is 580 g/mol. The van der Waals surface area contributed by atoms with Crippen LogP contribution in [0.5, 0.6) is 5.75 Å². The number of nitrogens with one attached hydrogen (secondary N) is 1. The van der Waals surface area contributed by atoms with E-state index < -0.39 is 5.91 Å². The van der Waals surface area contributed by atoms with Gasteiger partial charge < -0.3 is 37.8 Å². The molecule has 0 spiro atoms. The fraction of sp³-hybridized carbons (Fsp3) is 0.481. The van der Waals surface area contributed by atoms with Crippen LogP contribution in [0.4, 0.5) is 5.69 Å². The van der Waals surface area contributed by atoms with E-state index in [1.54, 1.807) is 28.1 Å². The minimum atomic E-state index is -1.26. The normalized spacial score (nSPS) is 16.7. The molecule has 1 aliphatic rings. The number of guanidine groups is 1. The Bertz CT molecular complexity index is 1080. The Morgan fingerprint density at radius 2 is 1.97 bits per heavy atom. The number of rotatable bonds is 14. The Balaban J connectivity index is 0.00000533. The summed E-state index contributed by atoms with van der Waals surface area (Å²) in [6.07, 6.45) is 10.9. The Labute approximate surface area is 241 Å². The summed E-state index contributed by atoms with van der Waals surface area (Å²) < 4.78 is 18.8. The lowest BCUT2D eigenvalue weighted by atomic mass is 9.95. The number of nitriles is 1. The van der Waals surface area contributed by atoms with E-state index in [4.69, 9.17) is 36.8 Å². The highest BCUT2D eigenvalue weighted by Gasteiger charge is 2.51. The molecule has 10 nitrogen and oxygen atoms in total. The first-order valence-electron chi connectivity index (χ1n) is 12.8. The molecule has 0 radical (unpaired) electrons. The highest BCUT2D eigenvalue weighted by Crippen LogP contribution is 2.29. The van der Waals surface area contributed by atoms with E-state index in [0.717, 1.165) is 56.5 Å². The second-order valence-corrected chi connectivity index (χ2v) is 9.43. The van der Waals surface area contributed by atoms with Crippen molar-refractivity contribution in [3.05, 3.63) is 53.8 Å². The van der Waals surface area contributed by atoms with Gasteiger partial charge in [-0.05, 0) is 56.5 Å². The van der Waals surface area contributed by atoms with Crippen molar-refractivity contribution in [1.29, 1.82) is 5.26 Å². The molecule has 0 saturated carbocycles. The second-order valence-electron chi connectivity index (χ2n) is 8.99. The van der Waals surface area contributed by atoms with Crippen molar-refractivity contribution in [3.8, 4) is 11.9 Å². The molecule has 0 aliphatic carbocycles. The number of ether oxygens (including phenoxy) is 3. The van der Waals surface area contributed by atoms with Crippen LogP contribution in [0.15, 0.2) is 53.8 Å². The molecule has 0 amide bonds. The maximum atomic E-state index is 11.4. The van der Waals surface area contributed by atoms with Crippen LogP contribution in [0.1, 0.15) is 38.5 Å². The van der Waals surface area contributed by atoms with Crippen LogP contribution >= 0.6 is 11.6 Å². The smallest absolute Gasteiger partial charge is 0.439 e. The molecule has 2 aromatic rings. The number of nitrogens with two attached hydrogens (primary N) is 1. The van der Waals surface area contributed by atoms with Crippen molar-refractivity contribution in [1.82, 2.24) is 5.32 Å². The van der Waals surface area contributed by atoms with Crippen molar-refractivity contribution in [2.75, 3.05) is 38.3 Å². The maximum Gasteiger partial charge on any atom is 0.439 e. The Morgan fingerprint density at radius 3 is 2.59 bits per heavy atom. The molecule has 1 aliphatic heterocycles. The molecular weight excluding hydrogens is 543 g/mol. The van der Waals surface area contributed by atoms with Crippen LogP contribution in [0.2, 0.25) is 5.02 Å². The molecule has 1 fully saturated rings. The summed E-state index contributed by atoms with van der Waals surface area (Å²) in [6, 6.07) is 11.0. The fourth-order valence-electron chi connectivity index (χ4n) is 4.66. The van der Waals surface area contributed by atoms with E-state index in [1.165, 1.54) is 7.11 Å². The van der Waals surface area contributed by atoms with E-state index >= 15 is 0 Å². The number of carbonyl (C=O) groups is 1. The number of unbranched alkanes of at least 4 members (excludes halogenated alkanes) is 3. The van der Waals surface area contributed by atoms with Crippen LogP contribution in [0.3, 0.4) is 0 Å². The zero-order chi connectivity index (χ0) is 27.2. The minimum Gasteiger partial charge on any atom is -1.00 e. The summed E-state index contributed by atoms with van der Waals surface area (Å²) in [7, 11) is 1.53. The molecule has 1 aromatic carbocycles. The third kappa shape index (κ3) is 8.97. The van der Waals surface area contributed by atoms with Gasteiger partial charge in [0.25, 0.3) is 6.47 Å². The number of nitrogens with zero attached hydrogens (tertiary/aromatic N) is 4. The third-order valence-electron chi connectivity index (χ3n) is 6.61. The molecule has 0 bridgehead atoms. The van der Waals surface area contributed by atoms with Crippen LogP contribution in [0, 0.1) is 17.4 Å². The van der Waals surface area contributed by atoms with E-state index in [-0.39, 0.29) is 24.3 Å². The van der Waals surface area contributed by atoms with Crippen LogP contribution < -0.4 is 37.7 Å². The summed E-state index contributed by atoms with van der Waals surface area (Å²) in [5.41, 5.74) is 6.89. The van der Waals surface area contributed by atoms with Crippen molar-refractivity contribution in [2.24, 2.45) is 16.6 Å². The van der Waals surface area contributed by atoms with Crippen LogP contribution in [-0.4, -0.2) is 45.8 Å². The van der Waals surface area contributed by atoms with E-state index in [0.29, 0.717) is 31.2 Å². The standard InChI is InChI=1S/C27H36ClN6O4.ClH/c1-36-27(38-21-35,22-7-6-14-31-19-22)33-16-12-24(13-17-33)34(26(30)32-20-29)15-4-2-3-5-18-37-25-10-8-23(28)9-11-25;/h8-13,16-17,21-22,31H,2-7,14-15,18-19H2,1H3,(H2,30,32);1H/q+1;/p-1. The Hall–Kier alpha value is -3.10. The first-order chi connectivity index (χ1) is 18.5. The number of aromatic nitrogens is 1. The zero-order valence-corrected chi connectivity index (χ0v) is 23.6. The molecule has 3 N–H and O–H groups in total. The summed E-state index contributed by atoms with van der Waals surface area (Å²) >= 11 is 5.90. The van der Waals surface area contributed by atoms with E-state index in [1.807, 2.05) is 36.4 Å². The number of benzene rings is 1. The van der Waals surface area contributed by atoms with Gasteiger partial charge in [0.1, 0.15) is 11.7 Å². The second kappa shape index (κ2) is 16.8. The van der Waals surface area contributed by atoms with Crippen LogP contribution in [-0.2, 0) is 20.2 Å². The monoisotopic (exact) mass is 578 g/mol. The van der Waals surface area contributed by atoms with Gasteiger partial charge in [-0.15, -0.1) is 9.56 Å². The molecule has 1 aromatic heterocycles. The van der Waals surface area contributed by atoms with Crippen LogP contribution in [0.25, 0.3) is 0 Å². The quantitative estimate of drug-likeness (QED) is 0.0623. The maximum absolute atomic E-state index is 11.4. The number of aliphatic imine (C=N–C) groups is 1. The Kier molecular flexibility index (Phi) is 13.8. The fourth-order valence-corrected chi connectivity index (χ4v) is 4.79. The number of pyridine rings is 1. The van der Waals surface area contributed by atoms with Gasteiger partial charge in [-0.2, -0.15) is 5.26 Å². The predicted molar refractivity (Wildman–Crippen MR) is 144 cm³/mol. The van der Waals surface area contributed by atoms with Gasteiger partial charge in [-0.3, -0.25) is 9.53 Å². The summed E-state index contributed by atoms with van der Waals surface area (Å²) in [5.74, 6) is -0.403. The largest absolute Gasteiger partial charge is 1.00 e. The van der Waals surface area contributed by atoms with Crippen molar-refractivity contribution in [3.63, 3.8) is 0 Å². The average Bonchev–Trinajstić information content (AvgIpc) is 2.95. The van der Waals surface area contributed by atoms with Gasteiger partial charge in [-0.1, -0.05) is 24.4 Å². The zero-order valence-electron chi connectivity index (χ0n) is 22.1. The lowest BCUT2D eigenvalue weighted by molar-refractivity contribution is -0.858. The van der Waals surface area contributed by atoms with Crippen molar-refractivity contribution in [2.45, 2.75) is 44.4 Å². The molecule has 39 heavy (non-hydrogen) atoms. The number of hydrogen-bond acceptors (Lipinski definition) is 7. The first-order valence-corrected chi connectivity index (χ1v) is 13.2. The number of carbonyl (C=O) groups excluding carboxylic acids is 1. The lowest BCUT2D eigenvalue weighted by Crippen LogP contribution is -3.00. The molecule has 212 valence electrons. The van der Waals surface area contributed by atoms with Gasteiger partial charge in [0.2, 0.25) is 12.2 Å². The lowest BCUT2D eigenvalue weighted by Gasteiger charge is -2.34. The number of halogens is 2. The number of piperidine rings is 1. The third-order valence-corrected chi connectivity index (χ3v) is 6.86. The summed E-state index contributed by atoms with van der Waals surface area (Å²) in [6.45, 7) is 3.22. The number of hydrogen-bond donors (Lipinski definition) is 2. The van der Waals surface area contributed by atoms with Gasteiger partial charge in [0.15, 0.2) is 12.4 Å². The SMILES string of the molecule is COC(OC=O)(C1CCCNC1)[n+]1ccc(N(CCCCCCOc2ccc(Cl)cc2)C(N)=NC#N)cc1.[Cl-]. The van der Waals surface area contributed by atoms with Gasteiger partial charge in [0, 0.05) is 37.4 Å². The highest BCUT2D eigenvalue weighted by atomic mass is 35.5. The van der Waals surface area contributed by atoms with Crippen molar-refractivity contribution < 1.29 is 36.0 Å². The molecule has 2 atom stereocenters. The molecule has 12 heteroatoms. The number of methoxy groups -OCH3 is 1.